The van der Waals surface area contributed by atoms with E-state index in [1.807, 2.05) is 12.1 Å². The van der Waals surface area contributed by atoms with Crippen LogP contribution in [0.4, 0.5) is 0 Å². The third-order valence-corrected chi connectivity index (χ3v) is 4.88. The summed E-state index contributed by atoms with van der Waals surface area (Å²) in [6, 6.07) is 11.1. The van der Waals surface area contributed by atoms with Crippen LogP contribution in [0.3, 0.4) is 0 Å². The Kier molecular flexibility index (Phi) is 4.81. The first kappa shape index (κ1) is 16.1. The smallest absolute Gasteiger partial charge is 0.340 e. The van der Waals surface area contributed by atoms with Gasteiger partial charge in [0.25, 0.3) is 0 Å². The zero-order valence-electron chi connectivity index (χ0n) is 11.5. The summed E-state index contributed by atoms with van der Waals surface area (Å²) in [5.74, 6) is 0.591. The van der Waals surface area contributed by atoms with Gasteiger partial charge in [0.05, 0.1) is 5.02 Å². The molecule has 0 fully saturated rings. The quantitative estimate of drug-likeness (QED) is 0.742. The molecular formula is C15H14Cl2O3S. The van der Waals surface area contributed by atoms with Crippen molar-refractivity contribution >= 4 is 33.3 Å². The Morgan fingerprint density at radius 1 is 1.00 bits per heavy atom. The van der Waals surface area contributed by atoms with Crippen LogP contribution >= 0.6 is 23.2 Å². The van der Waals surface area contributed by atoms with Gasteiger partial charge < -0.3 is 4.18 Å². The van der Waals surface area contributed by atoms with Crippen LogP contribution in [0.2, 0.25) is 10.0 Å². The Labute approximate surface area is 134 Å². The molecule has 2 aromatic rings. The van der Waals surface area contributed by atoms with E-state index in [9.17, 15) is 8.42 Å². The molecule has 0 unspecified atom stereocenters. The Morgan fingerprint density at radius 2 is 1.62 bits per heavy atom. The number of hydrogen-bond donors (Lipinski definition) is 0. The van der Waals surface area contributed by atoms with Crippen LogP contribution in [0.5, 0.6) is 5.75 Å². The SMILES string of the molecule is CC(C)c1ccc(OS(=O)(=O)c2cc(Cl)ccc2Cl)cc1. The molecule has 0 spiro atoms. The zero-order valence-corrected chi connectivity index (χ0v) is 13.8. The maximum atomic E-state index is 12.2. The molecule has 6 heteroatoms. The number of benzene rings is 2. The van der Waals surface area contributed by atoms with Gasteiger partial charge >= 0.3 is 10.1 Å². The van der Waals surface area contributed by atoms with Gasteiger partial charge in [-0.05, 0) is 41.8 Å². The highest BCUT2D eigenvalue weighted by molar-refractivity contribution is 7.87. The molecule has 21 heavy (non-hydrogen) atoms. The van der Waals surface area contributed by atoms with Gasteiger partial charge in [-0.1, -0.05) is 49.2 Å². The molecule has 3 nitrogen and oxygen atoms in total. The summed E-state index contributed by atoms with van der Waals surface area (Å²) in [5, 5.41) is 0.343. The molecule has 2 rings (SSSR count). The van der Waals surface area contributed by atoms with Gasteiger partial charge in [0.2, 0.25) is 0 Å². The first-order chi connectivity index (χ1) is 9.79. The van der Waals surface area contributed by atoms with Gasteiger partial charge in [-0.15, -0.1) is 0 Å². The molecule has 0 amide bonds. The Balaban J connectivity index is 2.31. The predicted octanol–water partition coefficient (Wildman–Crippen LogP) is 4.88. The summed E-state index contributed by atoms with van der Waals surface area (Å²) >= 11 is 11.7. The van der Waals surface area contributed by atoms with Crippen LogP contribution in [-0.4, -0.2) is 8.42 Å². The summed E-state index contributed by atoms with van der Waals surface area (Å²) in [4.78, 5) is -0.149. The second kappa shape index (κ2) is 6.26. The maximum Gasteiger partial charge on any atom is 0.340 e. The van der Waals surface area contributed by atoms with Crippen LogP contribution in [-0.2, 0) is 10.1 Å². The molecule has 0 aliphatic rings. The molecular weight excluding hydrogens is 331 g/mol. The van der Waals surface area contributed by atoms with Crippen molar-refractivity contribution in [3.63, 3.8) is 0 Å². The number of hydrogen-bond acceptors (Lipinski definition) is 3. The summed E-state index contributed by atoms with van der Waals surface area (Å²) < 4.78 is 29.5. The van der Waals surface area contributed by atoms with E-state index in [0.717, 1.165) is 5.56 Å². The molecule has 0 aliphatic carbocycles. The van der Waals surface area contributed by atoms with E-state index in [4.69, 9.17) is 27.4 Å². The standard InChI is InChI=1S/C15H14Cl2O3S/c1-10(2)11-3-6-13(7-4-11)20-21(18,19)15-9-12(16)5-8-14(15)17/h3-10H,1-2H3. The lowest BCUT2D eigenvalue weighted by atomic mass is 10.0. The van der Waals surface area contributed by atoms with Crippen molar-refractivity contribution in [2.24, 2.45) is 0 Å². The van der Waals surface area contributed by atoms with Crippen molar-refractivity contribution in [1.29, 1.82) is 0 Å². The van der Waals surface area contributed by atoms with Crippen molar-refractivity contribution in [3.8, 4) is 5.75 Å². The minimum Gasteiger partial charge on any atom is -0.379 e. The van der Waals surface area contributed by atoms with Crippen molar-refractivity contribution in [1.82, 2.24) is 0 Å². The highest BCUT2D eigenvalue weighted by Gasteiger charge is 2.21. The lowest BCUT2D eigenvalue weighted by Crippen LogP contribution is -2.10. The second-order valence-corrected chi connectivity index (χ2v) is 7.19. The first-order valence-corrected chi connectivity index (χ1v) is 8.45. The Morgan fingerprint density at radius 3 is 2.19 bits per heavy atom. The monoisotopic (exact) mass is 344 g/mol. The van der Waals surface area contributed by atoms with E-state index in [0.29, 0.717) is 5.92 Å². The largest absolute Gasteiger partial charge is 0.379 e. The first-order valence-electron chi connectivity index (χ1n) is 6.29. The summed E-state index contributed by atoms with van der Waals surface area (Å²) in [6.45, 7) is 4.11. The maximum absolute atomic E-state index is 12.2. The predicted molar refractivity (Wildman–Crippen MR) is 84.8 cm³/mol. The molecule has 0 heterocycles. The molecule has 2 aromatic carbocycles. The zero-order chi connectivity index (χ0) is 15.6. The van der Waals surface area contributed by atoms with Crippen LogP contribution < -0.4 is 4.18 Å². The van der Waals surface area contributed by atoms with Gasteiger partial charge in [-0.2, -0.15) is 8.42 Å². The summed E-state index contributed by atoms with van der Waals surface area (Å²) in [6.07, 6.45) is 0. The van der Waals surface area contributed by atoms with E-state index in [-0.39, 0.29) is 20.7 Å². The molecule has 0 saturated heterocycles. The minimum atomic E-state index is -4.02. The Hall–Kier alpha value is -1.23. The fraction of sp³-hybridized carbons (Fsp3) is 0.200. The lowest BCUT2D eigenvalue weighted by molar-refractivity contribution is 0.486. The topological polar surface area (TPSA) is 43.4 Å². The molecule has 0 aromatic heterocycles. The van der Waals surface area contributed by atoms with E-state index in [1.165, 1.54) is 18.2 Å². The van der Waals surface area contributed by atoms with Crippen molar-refractivity contribution < 1.29 is 12.6 Å². The molecule has 0 N–H and O–H groups in total. The van der Waals surface area contributed by atoms with Gasteiger partial charge in [-0.3, -0.25) is 0 Å². The van der Waals surface area contributed by atoms with E-state index >= 15 is 0 Å². The van der Waals surface area contributed by atoms with Gasteiger partial charge in [0, 0.05) is 5.02 Å². The molecule has 0 saturated carbocycles. The fourth-order valence-electron chi connectivity index (χ4n) is 1.75. The molecule has 0 atom stereocenters. The van der Waals surface area contributed by atoms with Gasteiger partial charge in [0.1, 0.15) is 10.6 Å². The molecule has 0 radical (unpaired) electrons. The lowest BCUT2D eigenvalue weighted by Gasteiger charge is -2.10. The highest BCUT2D eigenvalue weighted by Crippen LogP contribution is 2.28. The summed E-state index contributed by atoms with van der Waals surface area (Å²) in [5.41, 5.74) is 1.10. The van der Waals surface area contributed by atoms with Gasteiger partial charge in [0.15, 0.2) is 0 Å². The van der Waals surface area contributed by atoms with Crippen molar-refractivity contribution in [2.45, 2.75) is 24.7 Å². The highest BCUT2D eigenvalue weighted by atomic mass is 35.5. The third kappa shape index (κ3) is 3.90. The normalized spacial score (nSPS) is 11.7. The minimum absolute atomic E-state index is 0.0678. The number of rotatable bonds is 4. The van der Waals surface area contributed by atoms with Crippen LogP contribution in [0, 0.1) is 0 Å². The Bertz CT molecular complexity index is 738. The van der Waals surface area contributed by atoms with Crippen LogP contribution in [0.25, 0.3) is 0 Å². The van der Waals surface area contributed by atoms with Gasteiger partial charge in [-0.25, -0.2) is 0 Å². The second-order valence-electron chi connectivity index (χ2n) is 4.84. The van der Waals surface area contributed by atoms with E-state index < -0.39 is 10.1 Å². The van der Waals surface area contributed by atoms with Crippen LogP contribution in [0.1, 0.15) is 25.3 Å². The fourth-order valence-corrected chi connectivity index (χ4v) is 3.42. The van der Waals surface area contributed by atoms with E-state index in [2.05, 4.69) is 13.8 Å². The average Bonchev–Trinajstić information content (AvgIpc) is 2.41. The van der Waals surface area contributed by atoms with Crippen molar-refractivity contribution in [3.05, 3.63) is 58.1 Å². The third-order valence-electron chi connectivity index (χ3n) is 2.92. The molecule has 0 bridgehead atoms. The summed E-state index contributed by atoms with van der Waals surface area (Å²) in [7, 11) is -4.02. The van der Waals surface area contributed by atoms with E-state index in [1.54, 1.807) is 12.1 Å². The average molecular weight is 345 g/mol. The number of halogens is 2. The molecule has 112 valence electrons. The van der Waals surface area contributed by atoms with Crippen LogP contribution in [0.15, 0.2) is 47.4 Å². The molecule has 0 aliphatic heterocycles. The van der Waals surface area contributed by atoms with Crippen molar-refractivity contribution in [2.75, 3.05) is 0 Å².